The zero-order chi connectivity index (χ0) is 16.1. The number of hydrogen-bond acceptors (Lipinski definition) is 4. The van der Waals surface area contributed by atoms with Gasteiger partial charge in [-0.15, -0.1) is 0 Å². The van der Waals surface area contributed by atoms with E-state index in [0.29, 0.717) is 17.1 Å². The summed E-state index contributed by atoms with van der Waals surface area (Å²) in [7, 11) is 4.89. The summed E-state index contributed by atoms with van der Waals surface area (Å²) in [5, 5.41) is 12.8. The number of hydrogen-bond donors (Lipinski definition) is 2. The molecule has 0 spiro atoms. The minimum absolute atomic E-state index is 0.121. The molecule has 0 aliphatic rings. The number of aromatic nitrogens is 1. The second-order valence-electron chi connectivity index (χ2n) is 4.87. The zero-order valence-electron chi connectivity index (χ0n) is 12.9. The minimum atomic E-state index is -0.767. The Morgan fingerprint density at radius 3 is 2.41 bits per heavy atom. The number of amides is 1. The van der Waals surface area contributed by atoms with Gasteiger partial charge in [-0.1, -0.05) is 0 Å². The molecule has 2 rings (SSSR count). The molecule has 0 aliphatic heterocycles. The highest BCUT2D eigenvalue weighted by Gasteiger charge is 2.14. The molecule has 0 saturated carbocycles. The number of aliphatic hydroxyl groups is 1. The molecule has 118 valence electrons. The summed E-state index contributed by atoms with van der Waals surface area (Å²) in [5.41, 5.74) is 1.15. The van der Waals surface area contributed by atoms with Crippen LogP contribution in [-0.4, -0.2) is 36.3 Å². The highest BCUT2D eigenvalue weighted by Crippen LogP contribution is 2.22. The van der Waals surface area contributed by atoms with Gasteiger partial charge in [0.15, 0.2) is 0 Å². The summed E-state index contributed by atoms with van der Waals surface area (Å²) < 4.78 is 12.1. The van der Waals surface area contributed by atoms with Crippen molar-refractivity contribution in [1.29, 1.82) is 0 Å². The molecular weight excluding hydrogens is 284 g/mol. The largest absolute Gasteiger partial charge is 0.497 e. The van der Waals surface area contributed by atoms with Crippen LogP contribution >= 0.6 is 0 Å². The van der Waals surface area contributed by atoms with Gasteiger partial charge in [0.25, 0.3) is 5.91 Å². The van der Waals surface area contributed by atoms with E-state index in [9.17, 15) is 9.90 Å². The Kier molecular flexibility index (Phi) is 5.06. The topological polar surface area (TPSA) is 72.7 Å². The Labute approximate surface area is 129 Å². The quantitative estimate of drug-likeness (QED) is 0.848. The molecule has 22 heavy (non-hydrogen) atoms. The van der Waals surface area contributed by atoms with Crippen molar-refractivity contribution in [3.63, 3.8) is 0 Å². The molecule has 0 radical (unpaired) electrons. The Hall–Kier alpha value is -2.47. The van der Waals surface area contributed by atoms with Crippen LogP contribution in [0.1, 0.15) is 22.2 Å². The third kappa shape index (κ3) is 3.59. The van der Waals surface area contributed by atoms with Crippen LogP contribution in [-0.2, 0) is 7.05 Å². The van der Waals surface area contributed by atoms with Gasteiger partial charge in [-0.25, -0.2) is 0 Å². The molecule has 1 aromatic carbocycles. The first kappa shape index (κ1) is 15.9. The van der Waals surface area contributed by atoms with E-state index in [1.165, 1.54) is 14.2 Å². The predicted molar refractivity (Wildman–Crippen MR) is 82.3 cm³/mol. The first-order valence-corrected chi connectivity index (χ1v) is 6.85. The van der Waals surface area contributed by atoms with Crippen molar-refractivity contribution in [2.24, 2.45) is 7.05 Å². The molecule has 1 amide bonds. The number of nitrogens with zero attached hydrogens (tertiary/aromatic N) is 1. The number of carbonyl (C=O) groups is 1. The summed E-state index contributed by atoms with van der Waals surface area (Å²) in [6.45, 7) is 0.121. The maximum absolute atomic E-state index is 12.2. The molecule has 0 saturated heterocycles. The van der Waals surface area contributed by atoms with E-state index in [2.05, 4.69) is 5.32 Å². The normalized spacial score (nSPS) is 11.8. The van der Waals surface area contributed by atoms with Crippen molar-refractivity contribution >= 4 is 5.91 Å². The van der Waals surface area contributed by atoms with E-state index in [0.717, 1.165) is 5.69 Å². The van der Waals surface area contributed by atoms with Crippen LogP contribution in [0.25, 0.3) is 0 Å². The SMILES string of the molecule is COc1cc(OC)cc(C(=O)NCC(O)c2cccn2C)c1. The van der Waals surface area contributed by atoms with Crippen LogP contribution < -0.4 is 14.8 Å². The summed E-state index contributed by atoms with van der Waals surface area (Å²) in [6, 6.07) is 8.58. The fourth-order valence-corrected chi connectivity index (χ4v) is 2.16. The molecule has 6 nitrogen and oxygen atoms in total. The average molecular weight is 304 g/mol. The number of carbonyl (C=O) groups excluding carboxylic acids is 1. The molecule has 1 unspecified atom stereocenters. The minimum Gasteiger partial charge on any atom is -0.497 e. The molecule has 1 aromatic heterocycles. The van der Waals surface area contributed by atoms with Crippen LogP contribution in [0.3, 0.4) is 0 Å². The molecular formula is C16H20N2O4. The third-order valence-corrected chi connectivity index (χ3v) is 3.39. The number of aryl methyl sites for hydroxylation is 1. The number of nitrogens with one attached hydrogen (secondary N) is 1. The van der Waals surface area contributed by atoms with Crippen LogP contribution in [0.2, 0.25) is 0 Å². The Bertz CT molecular complexity index is 629. The summed E-state index contributed by atoms with van der Waals surface area (Å²) in [5.74, 6) is 0.769. The molecule has 6 heteroatoms. The van der Waals surface area contributed by atoms with E-state index in [4.69, 9.17) is 9.47 Å². The van der Waals surface area contributed by atoms with Crippen LogP contribution in [0.15, 0.2) is 36.5 Å². The van der Waals surface area contributed by atoms with Crippen LogP contribution in [0.4, 0.5) is 0 Å². The van der Waals surface area contributed by atoms with Crippen molar-refractivity contribution in [3.8, 4) is 11.5 Å². The molecule has 2 aromatic rings. The zero-order valence-corrected chi connectivity index (χ0v) is 12.9. The fraction of sp³-hybridized carbons (Fsp3) is 0.312. The molecule has 0 aliphatic carbocycles. The first-order chi connectivity index (χ1) is 10.5. The van der Waals surface area contributed by atoms with Crippen molar-refractivity contribution in [2.45, 2.75) is 6.10 Å². The summed E-state index contributed by atoms with van der Waals surface area (Å²) >= 11 is 0. The maximum atomic E-state index is 12.2. The van der Waals surface area contributed by atoms with E-state index in [1.54, 1.807) is 18.2 Å². The van der Waals surface area contributed by atoms with E-state index in [-0.39, 0.29) is 12.5 Å². The third-order valence-electron chi connectivity index (χ3n) is 3.39. The van der Waals surface area contributed by atoms with Gasteiger partial charge in [-0.2, -0.15) is 0 Å². The van der Waals surface area contributed by atoms with Gasteiger partial charge in [0.2, 0.25) is 0 Å². The van der Waals surface area contributed by atoms with Gasteiger partial charge < -0.3 is 24.5 Å². The van der Waals surface area contributed by atoms with Gasteiger partial charge >= 0.3 is 0 Å². The average Bonchev–Trinajstić information content (AvgIpc) is 2.97. The van der Waals surface area contributed by atoms with Crippen molar-refractivity contribution in [2.75, 3.05) is 20.8 Å². The van der Waals surface area contributed by atoms with Gasteiger partial charge in [-0.3, -0.25) is 4.79 Å². The maximum Gasteiger partial charge on any atom is 0.251 e. The predicted octanol–water partition coefficient (Wildman–Crippen LogP) is 1.51. The highest BCUT2D eigenvalue weighted by atomic mass is 16.5. The van der Waals surface area contributed by atoms with Gasteiger partial charge in [-0.05, 0) is 24.3 Å². The molecule has 0 bridgehead atoms. The molecule has 0 fully saturated rings. The van der Waals surface area contributed by atoms with Crippen LogP contribution in [0, 0.1) is 0 Å². The lowest BCUT2D eigenvalue weighted by Gasteiger charge is -2.14. The van der Waals surface area contributed by atoms with Crippen molar-refractivity contribution in [3.05, 3.63) is 47.8 Å². The second-order valence-corrected chi connectivity index (χ2v) is 4.87. The first-order valence-electron chi connectivity index (χ1n) is 6.85. The fourth-order valence-electron chi connectivity index (χ4n) is 2.16. The van der Waals surface area contributed by atoms with E-state index >= 15 is 0 Å². The number of ether oxygens (including phenoxy) is 2. The lowest BCUT2D eigenvalue weighted by atomic mass is 10.1. The van der Waals surface area contributed by atoms with Gasteiger partial charge in [0, 0.05) is 37.1 Å². The summed E-state index contributed by atoms with van der Waals surface area (Å²) in [6.07, 6.45) is 1.07. The number of rotatable bonds is 6. The Morgan fingerprint density at radius 1 is 1.27 bits per heavy atom. The smallest absolute Gasteiger partial charge is 0.251 e. The molecule has 1 heterocycles. The number of benzene rings is 1. The summed E-state index contributed by atoms with van der Waals surface area (Å²) in [4.78, 5) is 12.2. The van der Waals surface area contributed by atoms with Crippen molar-refractivity contribution in [1.82, 2.24) is 9.88 Å². The van der Waals surface area contributed by atoms with Crippen molar-refractivity contribution < 1.29 is 19.4 Å². The molecule has 2 N–H and O–H groups in total. The number of aliphatic hydroxyl groups excluding tert-OH is 1. The molecule has 1 atom stereocenters. The standard InChI is InChI=1S/C16H20N2O4/c1-18-6-4-5-14(18)15(19)10-17-16(20)11-7-12(21-2)9-13(8-11)22-3/h4-9,15,19H,10H2,1-3H3,(H,17,20). The van der Waals surface area contributed by atoms with Crippen LogP contribution in [0.5, 0.6) is 11.5 Å². The van der Waals surface area contributed by atoms with E-state index in [1.807, 2.05) is 29.9 Å². The van der Waals surface area contributed by atoms with E-state index < -0.39 is 6.10 Å². The highest BCUT2D eigenvalue weighted by molar-refractivity contribution is 5.95. The van der Waals surface area contributed by atoms with Gasteiger partial charge in [0.05, 0.1) is 14.2 Å². The number of methoxy groups -OCH3 is 2. The Morgan fingerprint density at radius 2 is 1.91 bits per heavy atom. The Balaban J connectivity index is 2.04. The van der Waals surface area contributed by atoms with Gasteiger partial charge in [0.1, 0.15) is 17.6 Å². The monoisotopic (exact) mass is 304 g/mol. The second kappa shape index (κ2) is 7.00. The lowest BCUT2D eigenvalue weighted by Crippen LogP contribution is -2.29. The lowest BCUT2D eigenvalue weighted by molar-refractivity contribution is 0.0911.